The molecule has 0 bridgehead atoms. The van der Waals surface area contributed by atoms with Crippen molar-refractivity contribution in [3.05, 3.63) is 11.6 Å². The molecule has 5 heteroatoms. The first-order chi connectivity index (χ1) is 7.36. The number of thioether (sulfide) groups is 1. The van der Waals surface area contributed by atoms with Gasteiger partial charge in [0, 0.05) is 18.1 Å². The quantitative estimate of drug-likeness (QED) is 0.781. The highest BCUT2D eigenvalue weighted by molar-refractivity contribution is 7.99. The predicted octanol–water partition coefficient (Wildman–Crippen LogP) is 1.29. The summed E-state index contributed by atoms with van der Waals surface area (Å²) in [6, 6.07) is 0. The Labute approximate surface area is 93.6 Å². The highest BCUT2D eigenvalue weighted by Gasteiger charge is 2.28. The van der Waals surface area contributed by atoms with Gasteiger partial charge in [0.05, 0.1) is 6.17 Å². The lowest BCUT2D eigenvalue weighted by Crippen LogP contribution is -2.27. The Bertz CT molecular complexity index is 356. The molecule has 1 fully saturated rings. The Hall–Kier alpha value is -0.550. The summed E-state index contributed by atoms with van der Waals surface area (Å²) in [7, 11) is 0. The zero-order valence-electron chi connectivity index (χ0n) is 8.72. The molecular weight excluding hydrogens is 208 g/mol. The van der Waals surface area contributed by atoms with E-state index in [1.807, 2.05) is 11.8 Å². The molecule has 1 saturated heterocycles. The number of hydrogen-bond acceptors (Lipinski definition) is 4. The Kier molecular flexibility index (Phi) is 2.44. The standard InChI is InChI=1S/C10H16N4S/c11-8-2-1-3-9-12-13-10(14(8)9)7-4-5-15-6-7/h7-8H,1-6,11H2. The first kappa shape index (κ1) is 9.66. The van der Waals surface area contributed by atoms with E-state index in [0.717, 1.165) is 30.9 Å². The van der Waals surface area contributed by atoms with Crippen LogP contribution in [0.25, 0.3) is 0 Å². The summed E-state index contributed by atoms with van der Waals surface area (Å²) in [5.41, 5.74) is 6.14. The van der Waals surface area contributed by atoms with Crippen LogP contribution in [0.15, 0.2) is 0 Å². The van der Waals surface area contributed by atoms with Crippen molar-refractivity contribution in [1.82, 2.24) is 14.8 Å². The second-order valence-corrected chi connectivity index (χ2v) is 5.51. The molecule has 15 heavy (non-hydrogen) atoms. The van der Waals surface area contributed by atoms with Crippen molar-refractivity contribution in [2.45, 2.75) is 37.8 Å². The number of fused-ring (bicyclic) bond motifs is 1. The predicted molar refractivity (Wildman–Crippen MR) is 60.9 cm³/mol. The van der Waals surface area contributed by atoms with Crippen LogP contribution in [0.2, 0.25) is 0 Å². The van der Waals surface area contributed by atoms with Gasteiger partial charge in [-0.15, -0.1) is 10.2 Å². The lowest BCUT2D eigenvalue weighted by molar-refractivity contribution is 0.391. The minimum atomic E-state index is 0.115. The van der Waals surface area contributed by atoms with Crippen molar-refractivity contribution in [3.8, 4) is 0 Å². The molecule has 0 spiro atoms. The first-order valence-corrected chi connectivity index (χ1v) is 6.78. The molecule has 2 unspecified atom stereocenters. The third kappa shape index (κ3) is 1.58. The minimum Gasteiger partial charge on any atom is -0.311 e. The molecule has 2 aliphatic heterocycles. The summed E-state index contributed by atoms with van der Waals surface area (Å²) in [6.07, 6.45) is 4.61. The third-order valence-corrected chi connectivity index (χ3v) is 4.48. The molecule has 0 aromatic carbocycles. The molecule has 0 saturated carbocycles. The molecule has 3 heterocycles. The van der Waals surface area contributed by atoms with Gasteiger partial charge in [-0.25, -0.2) is 0 Å². The van der Waals surface area contributed by atoms with Crippen molar-refractivity contribution < 1.29 is 0 Å². The summed E-state index contributed by atoms with van der Waals surface area (Å²) in [4.78, 5) is 0. The first-order valence-electron chi connectivity index (χ1n) is 5.63. The molecule has 0 aliphatic carbocycles. The van der Waals surface area contributed by atoms with Crippen LogP contribution in [0, 0.1) is 0 Å². The fourth-order valence-electron chi connectivity index (χ4n) is 2.48. The van der Waals surface area contributed by atoms with Crippen LogP contribution in [0.4, 0.5) is 0 Å². The van der Waals surface area contributed by atoms with Gasteiger partial charge < -0.3 is 5.73 Å². The molecule has 2 N–H and O–H groups in total. The maximum absolute atomic E-state index is 6.14. The average Bonchev–Trinajstić information content (AvgIpc) is 2.85. The molecule has 4 nitrogen and oxygen atoms in total. The van der Waals surface area contributed by atoms with E-state index in [-0.39, 0.29) is 6.17 Å². The highest BCUT2D eigenvalue weighted by Crippen LogP contribution is 2.34. The molecule has 0 amide bonds. The van der Waals surface area contributed by atoms with Gasteiger partial charge in [0.15, 0.2) is 0 Å². The third-order valence-electron chi connectivity index (χ3n) is 3.32. The molecule has 0 radical (unpaired) electrons. The zero-order chi connectivity index (χ0) is 10.3. The molecule has 2 aliphatic rings. The maximum atomic E-state index is 6.14. The minimum absolute atomic E-state index is 0.115. The fraction of sp³-hybridized carbons (Fsp3) is 0.800. The Balaban J connectivity index is 1.97. The van der Waals surface area contributed by atoms with Crippen molar-refractivity contribution in [2.24, 2.45) is 5.73 Å². The van der Waals surface area contributed by atoms with E-state index >= 15 is 0 Å². The van der Waals surface area contributed by atoms with Gasteiger partial charge >= 0.3 is 0 Å². The van der Waals surface area contributed by atoms with Crippen molar-refractivity contribution >= 4 is 11.8 Å². The van der Waals surface area contributed by atoms with Gasteiger partial charge in [-0.1, -0.05) is 0 Å². The zero-order valence-corrected chi connectivity index (χ0v) is 9.54. The monoisotopic (exact) mass is 224 g/mol. The molecule has 2 atom stereocenters. The van der Waals surface area contributed by atoms with Crippen LogP contribution in [0.5, 0.6) is 0 Å². The number of aryl methyl sites for hydroxylation is 1. The van der Waals surface area contributed by atoms with Crippen LogP contribution in [0.3, 0.4) is 0 Å². The number of nitrogens with zero attached hydrogens (tertiary/aromatic N) is 3. The SMILES string of the molecule is NC1CCCc2nnc(C3CCSC3)n21. The normalized spacial score (nSPS) is 30.5. The van der Waals surface area contributed by atoms with Crippen molar-refractivity contribution in [2.75, 3.05) is 11.5 Å². The van der Waals surface area contributed by atoms with E-state index in [2.05, 4.69) is 14.8 Å². The van der Waals surface area contributed by atoms with E-state index in [9.17, 15) is 0 Å². The van der Waals surface area contributed by atoms with E-state index in [1.54, 1.807) is 0 Å². The van der Waals surface area contributed by atoms with Gasteiger partial charge in [-0.3, -0.25) is 4.57 Å². The van der Waals surface area contributed by atoms with Gasteiger partial charge in [0.2, 0.25) is 0 Å². The second kappa shape index (κ2) is 3.79. The highest BCUT2D eigenvalue weighted by atomic mass is 32.2. The second-order valence-electron chi connectivity index (χ2n) is 4.36. The fourth-order valence-corrected chi connectivity index (χ4v) is 3.70. The smallest absolute Gasteiger partial charge is 0.138 e. The van der Waals surface area contributed by atoms with E-state index in [4.69, 9.17) is 5.73 Å². The molecule has 82 valence electrons. The molecule has 1 aromatic heterocycles. The van der Waals surface area contributed by atoms with Crippen molar-refractivity contribution in [3.63, 3.8) is 0 Å². The molecule has 1 aromatic rings. The summed E-state index contributed by atoms with van der Waals surface area (Å²) >= 11 is 2.01. The number of aromatic nitrogens is 3. The average molecular weight is 224 g/mol. The maximum Gasteiger partial charge on any atom is 0.138 e. The van der Waals surface area contributed by atoms with Gasteiger partial charge in [-0.2, -0.15) is 11.8 Å². The Morgan fingerprint density at radius 2 is 2.27 bits per heavy atom. The van der Waals surface area contributed by atoms with Crippen LogP contribution in [-0.4, -0.2) is 26.3 Å². The Morgan fingerprint density at radius 3 is 3.07 bits per heavy atom. The molecular formula is C10H16N4S. The largest absolute Gasteiger partial charge is 0.311 e. The topological polar surface area (TPSA) is 56.7 Å². The van der Waals surface area contributed by atoms with Crippen molar-refractivity contribution in [1.29, 1.82) is 0 Å². The molecule has 3 rings (SSSR count). The van der Waals surface area contributed by atoms with E-state index in [1.165, 1.54) is 17.9 Å². The van der Waals surface area contributed by atoms with Crippen LogP contribution >= 0.6 is 11.8 Å². The summed E-state index contributed by atoms with van der Waals surface area (Å²) in [5, 5.41) is 8.63. The summed E-state index contributed by atoms with van der Waals surface area (Å²) in [5.74, 6) is 5.26. The van der Waals surface area contributed by atoms with E-state index in [0.29, 0.717) is 5.92 Å². The Morgan fingerprint density at radius 1 is 1.33 bits per heavy atom. The van der Waals surface area contributed by atoms with Crippen LogP contribution in [0.1, 0.15) is 43.0 Å². The number of rotatable bonds is 1. The van der Waals surface area contributed by atoms with Gasteiger partial charge in [-0.05, 0) is 25.0 Å². The lowest BCUT2D eigenvalue weighted by atomic mass is 10.1. The summed E-state index contributed by atoms with van der Waals surface area (Å²) < 4.78 is 2.19. The van der Waals surface area contributed by atoms with Gasteiger partial charge in [0.1, 0.15) is 11.6 Å². The number of nitrogens with two attached hydrogens (primary N) is 1. The lowest BCUT2D eigenvalue weighted by Gasteiger charge is -2.23. The summed E-state index contributed by atoms with van der Waals surface area (Å²) in [6.45, 7) is 0. The van der Waals surface area contributed by atoms with Gasteiger partial charge in [0.25, 0.3) is 0 Å². The van der Waals surface area contributed by atoms with Crippen LogP contribution in [-0.2, 0) is 6.42 Å². The van der Waals surface area contributed by atoms with Crippen LogP contribution < -0.4 is 5.73 Å². The number of hydrogen-bond donors (Lipinski definition) is 1. The van der Waals surface area contributed by atoms with E-state index < -0.39 is 0 Å².